The molecular formula is C13H21NO2S. The quantitative estimate of drug-likeness (QED) is 0.366. The maximum Gasteiger partial charge on any atom is 0.107 e. The van der Waals surface area contributed by atoms with Crippen molar-refractivity contribution in [3.63, 3.8) is 0 Å². The third-order valence-electron chi connectivity index (χ3n) is 1.84. The number of terminal acetylenes is 2. The topological polar surface area (TPSA) is 30.5 Å². The summed E-state index contributed by atoms with van der Waals surface area (Å²) in [4.78, 5) is 0. The molecule has 17 heavy (non-hydrogen) atoms. The number of hydrogen-bond donors (Lipinski definition) is 1. The molecule has 0 aliphatic heterocycles. The second-order valence-electron chi connectivity index (χ2n) is 3.91. The number of nitrogens with one attached hydrogen (secondary N) is 1. The third-order valence-corrected chi connectivity index (χ3v) is 3.09. The van der Waals surface area contributed by atoms with Crippen molar-refractivity contribution in [1.29, 1.82) is 0 Å². The molecule has 0 saturated heterocycles. The van der Waals surface area contributed by atoms with Crippen LogP contribution >= 0.6 is 11.9 Å². The summed E-state index contributed by atoms with van der Waals surface area (Å²) in [6, 6.07) is 0. The monoisotopic (exact) mass is 255 g/mol. The minimum Gasteiger partial charge on any atom is -0.367 e. The smallest absolute Gasteiger partial charge is 0.107 e. The molecule has 0 aromatic carbocycles. The van der Waals surface area contributed by atoms with Gasteiger partial charge in [-0.2, -0.15) is 0 Å². The highest BCUT2D eigenvalue weighted by Crippen LogP contribution is 2.11. The minimum absolute atomic E-state index is 0.270. The van der Waals surface area contributed by atoms with Crippen LogP contribution in [0.3, 0.4) is 0 Å². The van der Waals surface area contributed by atoms with Crippen molar-refractivity contribution < 1.29 is 9.47 Å². The molecule has 0 aliphatic carbocycles. The Balaban J connectivity index is 4.05. The van der Waals surface area contributed by atoms with E-state index in [0.29, 0.717) is 26.4 Å². The molecule has 0 heterocycles. The van der Waals surface area contributed by atoms with Gasteiger partial charge < -0.3 is 9.47 Å². The van der Waals surface area contributed by atoms with Crippen molar-refractivity contribution in [3.8, 4) is 24.7 Å². The Morgan fingerprint density at radius 3 is 2.12 bits per heavy atom. The lowest BCUT2D eigenvalue weighted by Crippen LogP contribution is -2.47. The summed E-state index contributed by atoms with van der Waals surface area (Å²) in [5, 5.41) is 0. The molecule has 3 nitrogen and oxygen atoms in total. The highest BCUT2D eigenvalue weighted by Gasteiger charge is 2.24. The summed E-state index contributed by atoms with van der Waals surface area (Å²) in [5.74, 6) is 5.93. The Bertz CT molecular complexity index is 248. The van der Waals surface area contributed by atoms with Crippen molar-refractivity contribution in [2.75, 3.05) is 32.2 Å². The molecule has 0 saturated carbocycles. The van der Waals surface area contributed by atoms with Gasteiger partial charge in [-0.15, -0.1) is 12.8 Å². The molecule has 0 unspecified atom stereocenters. The van der Waals surface area contributed by atoms with E-state index in [0.717, 1.165) is 12.2 Å². The minimum atomic E-state index is -0.270. The SMILES string of the molecule is C#CCOCC(C)(COCC#C)NSCCC. The average molecular weight is 255 g/mol. The Labute approximate surface area is 109 Å². The van der Waals surface area contributed by atoms with Gasteiger partial charge in [-0.1, -0.05) is 30.7 Å². The van der Waals surface area contributed by atoms with E-state index in [4.69, 9.17) is 22.3 Å². The maximum atomic E-state index is 5.37. The molecule has 1 N–H and O–H groups in total. The highest BCUT2D eigenvalue weighted by atomic mass is 32.2. The van der Waals surface area contributed by atoms with Gasteiger partial charge in [0.05, 0.1) is 18.8 Å². The molecule has 0 atom stereocenters. The lowest BCUT2D eigenvalue weighted by Gasteiger charge is -2.29. The molecule has 0 spiro atoms. The van der Waals surface area contributed by atoms with Gasteiger partial charge in [0.25, 0.3) is 0 Å². The zero-order valence-electron chi connectivity index (χ0n) is 10.6. The molecule has 0 fully saturated rings. The predicted octanol–water partition coefficient (Wildman–Crippen LogP) is 1.69. The largest absolute Gasteiger partial charge is 0.367 e. The van der Waals surface area contributed by atoms with Gasteiger partial charge in [0, 0.05) is 5.75 Å². The second kappa shape index (κ2) is 10.5. The summed E-state index contributed by atoms with van der Waals surface area (Å²) < 4.78 is 14.1. The van der Waals surface area contributed by atoms with Crippen LogP contribution < -0.4 is 4.72 Å². The second-order valence-corrected chi connectivity index (χ2v) is 4.81. The van der Waals surface area contributed by atoms with Gasteiger partial charge in [-0.05, 0) is 13.3 Å². The van der Waals surface area contributed by atoms with Crippen LogP contribution in [0, 0.1) is 24.7 Å². The molecule has 96 valence electrons. The zero-order chi connectivity index (χ0) is 13.0. The van der Waals surface area contributed by atoms with Gasteiger partial charge in [-0.25, -0.2) is 0 Å². The number of ether oxygens (including phenoxy) is 2. The number of rotatable bonds is 10. The summed E-state index contributed by atoms with van der Waals surface area (Å²) in [6.45, 7) is 5.78. The first kappa shape index (κ1) is 16.4. The lowest BCUT2D eigenvalue weighted by molar-refractivity contribution is 0.0450. The van der Waals surface area contributed by atoms with Crippen molar-refractivity contribution in [2.45, 2.75) is 25.8 Å². The van der Waals surface area contributed by atoms with E-state index in [1.165, 1.54) is 0 Å². The van der Waals surface area contributed by atoms with Crippen LogP contribution in [0.15, 0.2) is 0 Å². The van der Waals surface area contributed by atoms with Crippen molar-refractivity contribution in [2.24, 2.45) is 0 Å². The highest BCUT2D eigenvalue weighted by molar-refractivity contribution is 7.97. The molecule has 4 heteroatoms. The first-order chi connectivity index (χ1) is 8.18. The standard InChI is InChI=1S/C13H21NO2S/c1-5-8-15-11-13(4,12-16-9-6-2)14-17-10-7-3/h1-2,14H,7-12H2,3-4H3. The first-order valence-corrected chi connectivity index (χ1v) is 6.58. The summed E-state index contributed by atoms with van der Waals surface area (Å²) in [7, 11) is 0. The van der Waals surface area contributed by atoms with E-state index in [1.54, 1.807) is 11.9 Å². The first-order valence-electron chi connectivity index (χ1n) is 5.60. The van der Waals surface area contributed by atoms with Gasteiger partial charge >= 0.3 is 0 Å². The van der Waals surface area contributed by atoms with Crippen LogP contribution in [0.5, 0.6) is 0 Å². The third kappa shape index (κ3) is 9.09. The van der Waals surface area contributed by atoms with Crippen molar-refractivity contribution >= 4 is 11.9 Å². The fraction of sp³-hybridized carbons (Fsp3) is 0.692. The van der Waals surface area contributed by atoms with Crippen LogP contribution in [0.4, 0.5) is 0 Å². The van der Waals surface area contributed by atoms with Gasteiger partial charge in [0.15, 0.2) is 0 Å². The summed E-state index contributed by atoms with van der Waals surface area (Å²) >= 11 is 1.66. The fourth-order valence-electron chi connectivity index (χ4n) is 1.10. The zero-order valence-corrected chi connectivity index (χ0v) is 11.4. The molecule has 0 aliphatic rings. The van der Waals surface area contributed by atoms with E-state index in [2.05, 4.69) is 23.5 Å². The molecule has 0 amide bonds. The van der Waals surface area contributed by atoms with Gasteiger partial charge in [0.2, 0.25) is 0 Å². The summed E-state index contributed by atoms with van der Waals surface area (Å²) in [6.07, 6.45) is 11.4. The molecule has 0 aromatic heterocycles. The number of hydrogen-bond acceptors (Lipinski definition) is 4. The molecule has 0 bridgehead atoms. The van der Waals surface area contributed by atoms with E-state index < -0.39 is 0 Å². The van der Waals surface area contributed by atoms with Crippen LogP contribution in [-0.4, -0.2) is 37.7 Å². The Kier molecular flexibility index (Phi) is 10.1. The van der Waals surface area contributed by atoms with Crippen LogP contribution in [-0.2, 0) is 9.47 Å². The lowest BCUT2D eigenvalue weighted by atomic mass is 10.1. The molecule has 0 aromatic rings. The van der Waals surface area contributed by atoms with Gasteiger partial charge in [-0.3, -0.25) is 4.72 Å². The fourth-order valence-corrected chi connectivity index (χ4v) is 1.87. The van der Waals surface area contributed by atoms with E-state index in [-0.39, 0.29) is 5.54 Å². The van der Waals surface area contributed by atoms with Crippen molar-refractivity contribution in [1.82, 2.24) is 4.72 Å². The van der Waals surface area contributed by atoms with Crippen molar-refractivity contribution in [3.05, 3.63) is 0 Å². The molecular weight excluding hydrogens is 234 g/mol. The Hall–Kier alpha value is -0.650. The Morgan fingerprint density at radius 1 is 1.18 bits per heavy atom. The van der Waals surface area contributed by atoms with E-state index >= 15 is 0 Å². The van der Waals surface area contributed by atoms with E-state index in [1.807, 2.05) is 6.92 Å². The van der Waals surface area contributed by atoms with Crippen LogP contribution in [0.1, 0.15) is 20.3 Å². The van der Waals surface area contributed by atoms with Crippen LogP contribution in [0.25, 0.3) is 0 Å². The predicted molar refractivity (Wildman–Crippen MR) is 73.6 cm³/mol. The molecule has 0 rings (SSSR count). The molecule has 0 radical (unpaired) electrons. The van der Waals surface area contributed by atoms with Crippen LogP contribution in [0.2, 0.25) is 0 Å². The maximum absolute atomic E-state index is 5.37. The van der Waals surface area contributed by atoms with Gasteiger partial charge in [0.1, 0.15) is 13.2 Å². The summed E-state index contributed by atoms with van der Waals surface area (Å²) in [5.41, 5.74) is -0.270. The Morgan fingerprint density at radius 2 is 1.71 bits per heavy atom. The van der Waals surface area contributed by atoms with E-state index in [9.17, 15) is 0 Å². The average Bonchev–Trinajstić information content (AvgIpc) is 2.30. The normalized spacial score (nSPS) is 10.8.